The maximum absolute atomic E-state index is 12.2. The highest BCUT2D eigenvalue weighted by atomic mass is 35.5. The lowest BCUT2D eigenvalue weighted by Crippen LogP contribution is -2.14. The van der Waals surface area contributed by atoms with Crippen LogP contribution in [0.3, 0.4) is 0 Å². The largest absolute Gasteiger partial charge is 0.493 e. The van der Waals surface area contributed by atoms with Crippen molar-refractivity contribution in [2.24, 2.45) is 0 Å². The number of hydrogen-bond donors (Lipinski definition) is 1. The second kappa shape index (κ2) is 9.58. The van der Waals surface area contributed by atoms with Crippen molar-refractivity contribution in [2.45, 2.75) is 5.22 Å². The normalized spacial score (nSPS) is 10.7. The van der Waals surface area contributed by atoms with Gasteiger partial charge in [0.15, 0.2) is 11.5 Å². The van der Waals surface area contributed by atoms with E-state index < -0.39 is 0 Å². The minimum atomic E-state index is -0.341. The summed E-state index contributed by atoms with van der Waals surface area (Å²) in [5.41, 5.74) is 0.950. The Bertz CT molecular complexity index is 1020. The Kier molecular flexibility index (Phi) is 7.13. The van der Waals surface area contributed by atoms with Gasteiger partial charge in [0.05, 0.1) is 35.7 Å². The Labute approximate surface area is 185 Å². The Morgan fingerprint density at radius 1 is 1.07 bits per heavy atom. The quantitative estimate of drug-likeness (QED) is 0.456. The van der Waals surface area contributed by atoms with Crippen LogP contribution in [0.1, 0.15) is 0 Å². The molecule has 29 heavy (non-hydrogen) atoms. The van der Waals surface area contributed by atoms with Crippen LogP contribution in [0.25, 0.3) is 11.5 Å². The molecule has 0 saturated heterocycles. The van der Waals surface area contributed by atoms with E-state index in [4.69, 9.17) is 48.7 Å². The molecule has 3 aromatic rings. The summed E-state index contributed by atoms with van der Waals surface area (Å²) in [6.45, 7) is 0. The number of benzene rings is 2. The molecule has 0 bridgehead atoms. The highest BCUT2D eigenvalue weighted by molar-refractivity contribution is 7.99. The predicted molar refractivity (Wildman–Crippen MR) is 114 cm³/mol. The summed E-state index contributed by atoms with van der Waals surface area (Å²) in [6, 6.07) is 8.20. The average molecular weight is 475 g/mol. The van der Waals surface area contributed by atoms with Crippen LogP contribution in [0.2, 0.25) is 15.1 Å². The number of aromatic nitrogens is 2. The average Bonchev–Trinajstić information content (AvgIpc) is 3.17. The third-order valence-corrected chi connectivity index (χ3v) is 5.27. The van der Waals surface area contributed by atoms with E-state index in [1.165, 1.54) is 19.2 Å². The molecule has 152 valence electrons. The number of thioether (sulfide) groups is 1. The van der Waals surface area contributed by atoms with E-state index in [1.54, 1.807) is 25.3 Å². The standard InChI is InChI=1S/C18H14Cl3N3O4S/c1-26-13-4-3-9(5-14(13)27-2)17-23-24-18(28-17)29-8-15(25)22-16-11(20)6-10(19)7-12(16)21/h3-7H,8H2,1-2H3,(H,22,25). The van der Waals surface area contributed by atoms with Crippen LogP contribution in [0.5, 0.6) is 11.5 Å². The van der Waals surface area contributed by atoms with Gasteiger partial charge in [-0.1, -0.05) is 46.6 Å². The summed E-state index contributed by atoms with van der Waals surface area (Å²) in [5, 5.41) is 11.7. The number of nitrogens with zero attached hydrogens (tertiary/aromatic N) is 2. The lowest BCUT2D eigenvalue weighted by Gasteiger charge is -2.09. The summed E-state index contributed by atoms with van der Waals surface area (Å²) < 4.78 is 16.1. The van der Waals surface area contributed by atoms with E-state index in [0.29, 0.717) is 27.8 Å². The molecule has 0 saturated carbocycles. The van der Waals surface area contributed by atoms with Crippen molar-refractivity contribution in [2.75, 3.05) is 25.3 Å². The molecule has 0 aliphatic heterocycles. The Morgan fingerprint density at radius 3 is 2.41 bits per heavy atom. The number of carbonyl (C=O) groups excluding carboxylic acids is 1. The lowest BCUT2D eigenvalue weighted by atomic mass is 10.2. The van der Waals surface area contributed by atoms with E-state index in [0.717, 1.165) is 11.8 Å². The van der Waals surface area contributed by atoms with Gasteiger partial charge in [0, 0.05) is 10.6 Å². The molecule has 1 amide bonds. The number of hydrogen-bond acceptors (Lipinski definition) is 7. The molecule has 0 unspecified atom stereocenters. The van der Waals surface area contributed by atoms with Gasteiger partial charge in [-0.25, -0.2) is 0 Å². The zero-order chi connectivity index (χ0) is 21.0. The molecule has 0 atom stereocenters. The number of nitrogens with one attached hydrogen (secondary N) is 1. The van der Waals surface area contributed by atoms with Gasteiger partial charge in [-0.3, -0.25) is 4.79 Å². The molecule has 7 nitrogen and oxygen atoms in total. The fourth-order valence-corrected chi connectivity index (χ4v) is 3.79. The molecule has 0 aliphatic rings. The van der Waals surface area contributed by atoms with Crippen molar-refractivity contribution in [3.8, 4) is 23.0 Å². The van der Waals surface area contributed by atoms with Crippen molar-refractivity contribution in [1.82, 2.24) is 10.2 Å². The first-order valence-electron chi connectivity index (χ1n) is 8.04. The summed E-state index contributed by atoms with van der Waals surface area (Å²) in [4.78, 5) is 12.2. The van der Waals surface area contributed by atoms with Crippen LogP contribution >= 0.6 is 46.6 Å². The van der Waals surface area contributed by atoms with Crippen LogP contribution < -0.4 is 14.8 Å². The molecule has 1 N–H and O–H groups in total. The number of ether oxygens (including phenoxy) is 2. The molecule has 0 spiro atoms. The van der Waals surface area contributed by atoms with Crippen LogP contribution in [0.4, 0.5) is 5.69 Å². The maximum atomic E-state index is 12.2. The summed E-state index contributed by atoms with van der Waals surface area (Å²) >= 11 is 19.1. The smallest absolute Gasteiger partial charge is 0.277 e. The van der Waals surface area contributed by atoms with Crippen molar-refractivity contribution >= 4 is 58.2 Å². The first-order valence-corrected chi connectivity index (χ1v) is 10.2. The van der Waals surface area contributed by atoms with Gasteiger partial charge in [0.1, 0.15) is 0 Å². The van der Waals surface area contributed by atoms with Crippen LogP contribution in [0.15, 0.2) is 40.0 Å². The Hall–Kier alpha value is -2.13. The van der Waals surface area contributed by atoms with Gasteiger partial charge in [-0.2, -0.15) is 0 Å². The second-order valence-electron chi connectivity index (χ2n) is 5.52. The third kappa shape index (κ3) is 5.27. The number of rotatable bonds is 7. The molecule has 1 heterocycles. The number of methoxy groups -OCH3 is 2. The van der Waals surface area contributed by atoms with Crippen molar-refractivity contribution in [3.05, 3.63) is 45.4 Å². The number of halogens is 3. The number of carbonyl (C=O) groups is 1. The molecular formula is C18H14Cl3N3O4S. The first-order chi connectivity index (χ1) is 13.9. The van der Waals surface area contributed by atoms with Crippen LogP contribution in [0, 0.1) is 0 Å². The molecule has 2 aromatic carbocycles. The van der Waals surface area contributed by atoms with Crippen molar-refractivity contribution in [1.29, 1.82) is 0 Å². The molecule has 0 aliphatic carbocycles. The van der Waals surface area contributed by atoms with E-state index in [1.807, 2.05) is 0 Å². The minimum Gasteiger partial charge on any atom is -0.493 e. The van der Waals surface area contributed by atoms with Crippen molar-refractivity contribution in [3.63, 3.8) is 0 Å². The molecule has 3 rings (SSSR count). The molecular weight excluding hydrogens is 461 g/mol. The maximum Gasteiger partial charge on any atom is 0.277 e. The number of amides is 1. The first kappa shape index (κ1) is 21.6. The van der Waals surface area contributed by atoms with Gasteiger partial charge in [-0.05, 0) is 30.3 Å². The highest BCUT2D eigenvalue weighted by Crippen LogP contribution is 2.34. The Balaban J connectivity index is 1.64. The van der Waals surface area contributed by atoms with Gasteiger partial charge in [0.25, 0.3) is 5.22 Å². The lowest BCUT2D eigenvalue weighted by molar-refractivity contribution is -0.113. The minimum absolute atomic E-state index is 0.0167. The van der Waals surface area contributed by atoms with E-state index in [2.05, 4.69) is 15.5 Å². The summed E-state index contributed by atoms with van der Waals surface area (Å²) in [7, 11) is 3.09. The van der Waals surface area contributed by atoms with Gasteiger partial charge in [-0.15, -0.1) is 10.2 Å². The third-order valence-electron chi connectivity index (χ3n) is 3.63. The van der Waals surface area contributed by atoms with Gasteiger partial charge >= 0.3 is 0 Å². The Morgan fingerprint density at radius 2 is 1.76 bits per heavy atom. The fourth-order valence-electron chi connectivity index (χ4n) is 2.32. The number of anilines is 1. The van der Waals surface area contributed by atoms with Crippen molar-refractivity contribution < 1.29 is 18.7 Å². The van der Waals surface area contributed by atoms with E-state index in [9.17, 15) is 4.79 Å². The molecule has 0 radical (unpaired) electrons. The fraction of sp³-hybridized carbons (Fsp3) is 0.167. The second-order valence-corrected chi connectivity index (χ2v) is 7.70. The zero-order valence-corrected chi connectivity index (χ0v) is 18.2. The van der Waals surface area contributed by atoms with E-state index in [-0.39, 0.29) is 32.8 Å². The summed E-state index contributed by atoms with van der Waals surface area (Å²) in [6.07, 6.45) is 0. The van der Waals surface area contributed by atoms with Gasteiger partial charge < -0.3 is 19.2 Å². The van der Waals surface area contributed by atoms with E-state index >= 15 is 0 Å². The molecule has 11 heteroatoms. The SMILES string of the molecule is COc1ccc(-c2nnc(SCC(=O)Nc3c(Cl)cc(Cl)cc3Cl)o2)cc1OC. The van der Waals surface area contributed by atoms with Gasteiger partial charge in [0.2, 0.25) is 11.8 Å². The monoisotopic (exact) mass is 473 g/mol. The van der Waals surface area contributed by atoms with Crippen LogP contribution in [-0.2, 0) is 4.79 Å². The molecule has 0 fully saturated rings. The summed E-state index contributed by atoms with van der Waals surface area (Å²) in [5.74, 6) is 1.09. The molecule has 1 aromatic heterocycles. The highest BCUT2D eigenvalue weighted by Gasteiger charge is 2.15. The topological polar surface area (TPSA) is 86.5 Å². The zero-order valence-electron chi connectivity index (χ0n) is 15.2. The predicted octanol–water partition coefficient (Wildman–Crippen LogP) is 5.44. The van der Waals surface area contributed by atoms with Crippen LogP contribution in [-0.4, -0.2) is 36.1 Å².